The number of nitrogens with one attached hydrogen (secondary N) is 1. The number of nitrogens with two attached hydrogens (primary N) is 1. The molecule has 2 rings (SSSR count). The molecule has 148 valence electrons. The van der Waals surface area contributed by atoms with E-state index in [2.05, 4.69) is 22.1 Å². The Morgan fingerprint density at radius 2 is 2.19 bits per heavy atom. The molecule has 1 aliphatic rings. The van der Waals surface area contributed by atoms with Crippen LogP contribution in [-0.4, -0.2) is 49.7 Å². The molecule has 0 aromatic heterocycles. The molecule has 1 aliphatic heterocycles. The summed E-state index contributed by atoms with van der Waals surface area (Å²) in [5.41, 5.74) is 5.09. The van der Waals surface area contributed by atoms with E-state index in [-0.39, 0.29) is 36.3 Å². The van der Waals surface area contributed by atoms with E-state index >= 15 is 0 Å². The fraction of sp³-hybridized carbons (Fsp3) is 0.588. The second-order valence-electron chi connectivity index (χ2n) is 5.95. The number of aliphatic imine (C=N–C) groups is 1. The summed E-state index contributed by atoms with van der Waals surface area (Å²) in [7, 11) is 0. The van der Waals surface area contributed by atoms with Crippen LogP contribution in [0.3, 0.4) is 0 Å². The molecule has 3 N–H and O–H groups in total. The average Bonchev–Trinajstić information content (AvgIpc) is 3.04. The second kappa shape index (κ2) is 10.8. The molecule has 0 radical (unpaired) electrons. The topological polar surface area (TPSA) is 62.9 Å². The normalized spacial score (nSPS) is 18.5. The maximum atomic E-state index is 12.6. The zero-order valence-electron chi connectivity index (χ0n) is 14.8. The molecule has 0 spiro atoms. The molecule has 0 bridgehead atoms. The fourth-order valence-corrected chi connectivity index (χ4v) is 2.89. The summed E-state index contributed by atoms with van der Waals surface area (Å²) in [5, 5.41) is 2.92. The summed E-state index contributed by atoms with van der Waals surface area (Å²) >= 11 is 0. The minimum atomic E-state index is -4.37. The van der Waals surface area contributed by atoms with Crippen molar-refractivity contribution in [2.75, 3.05) is 32.8 Å². The van der Waals surface area contributed by atoms with Gasteiger partial charge in [0.25, 0.3) is 0 Å². The number of rotatable bonds is 7. The highest BCUT2D eigenvalue weighted by Gasteiger charge is 2.30. The van der Waals surface area contributed by atoms with Crippen molar-refractivity contribution in [1.29, 1.82) is 0 Å². The van der Waals surface area contributed by atoms with Crippen molar-refractivity contribution in [2.24, 2.45) is 10.7 Å². The largest absolute Gasteiger partial charge is 0.492 e. The molecule has 5 nitrogen and oxygen atoms in total. The first-order chi connectivity index (χ1) is 11.9. The Morgan fingerprint density at radius 1 is 1.42 bits per heavy atom. The van der Waals surface area contributed by atoms with Crippen molar-refractivity contribution in [3.8, 4) is 5.75 Å². The van der Waals surface area contributed by atoms with Crippen LogP contribution in [0.4, 0.5) is 13.2 Å². The fourth-order valence-electron chi connectivity index (χ4n) is 2.89. The number of hydrogen-bond acceptors (Lipinski definition) is 3. The van der Waals surface area contributed by atoms with E-state index in [1.54, 1.807) is 0 Å². The van der Waals surface area contributed by atoms with Crippen LogP contribution in [0.2, 0.25) is 0 Å². The van der Waals surface area contributed by atoms with Gasteiger partial charge >= 0.3 is 6.18 Å². The Bertz CT molecular complexity index is 583. The summed E-state index contributed by atoms with van der Waals surface area (Å²) in [6.45, 7) is 5.47. The van der Waals surface area contributed by atoms with Crippen LogP contribution in [-0.2, 0) is 6.18 Å². The minimum Gasteiger partial charge on any atom is -0.492 e. The van der Waals surface area contributed by atoms with Gasteiger partial charge < -0.3 is 15.8 Å². The predicted molar refractivity (Wildman–Crippen MR) is 107 cm³/mol. The number of likely N-dealkylation sites (N-methyl/N-ethyl adjacent to an activating group) is 1. The van der Waals surface area contributed by atoms with Gasteiger partial charge in [0.15, 0.2) is 5.96 Å². The van der Waals surface area contributed by atoms with Gasteiger partial charge in [-0.2, -0.15) is 13.2 Å². The maximum absolute atomic E-state index is 12.6. The summed E-state index contributed by atoms with van der Waals surface area (Å²) in [6, 6.07) is 5.25. The van der Waals surface area contributed by atoms with Gasteiger partial charge in [-0.3, -0.25) is 9.89 Å². The number of hydrogen-bond donors (Lipinski definition) is 2. The standard InChI is InChI=1S/C17H25F3N4O.HI/c1-2-24-9-4-6-14(24)12-23-16(21)22-8-10-25-15-7-3-5-13(11-15)17(18,19)20;/h3,5,7,11,14H,2,4,6,8-10,12H2,1H3,(H3,21,22,23);1H. The maximum Gasteiger partial charge on any atom is 0.416 e. The van der Waals surface area contributed by atoms with Gasteiger partial charge in [0.1, 0.15) is 12.4 Å². The minimum absolute atomic E-state index is 0. The molecule has 0 amide bonds. The Kier molecular flexibility index (Phi) is 9.48. The highest BCUT2D eigenvalue weighted by Crippen LogP contribution is 2.31. The van der Waals surface area contributed by atoms with Crippen molar-refractivity contribution >= 4 is 29.9 Å². The molecule has 26 heavy (non-hydrogen) atoms. The van der Waals surface area contributed by atoms with Crippen molar-refractivity contribution in [3.05, 3.63) is 29.8 Å². The van der Waals surface area contributed by atoms with Crippen LogP contribution in [0.15, 0.2) is 29.3 Å². The van der Waals surface area contributed by atoms with Crippen LogP contribution in [0.1, 0.15) is 25.3 Å². The predicted octanol–water partition coefficient (Wildman–Crippen LogP) is 3.09. The van der Waals surface area contributed by atoms with Crippen LogP contribution in [0.5, 0.6) is 5.75 Å². The highest BCUT2D eigenvalue weighted by molar-refractivity contribution is 14.0. The molecule has 1 aromatic carbocycles. The monoisotopic (exact) mass is 486 g/mol. The highest BCUT2D eigenvalue weighted by atomic mass is 127. The number of likely N-dealkylation sites (tertiary alicyclic amines) is 1. The van der Waals surface area contributed by atoms with E-state index in [9.17, 15) is 13.2 Å². The van der Waals surface area contributed by atoms with Gasteiger partial charge in [-0.05, 0) is 44.1 Å². The second-order valence-corrected chi connectivity index (χ2v) is 5.95. The van der Waals surface area contributed by atoms with E-state index < -0.39 is 11.7 Å². The third-order valence-corrected chi connectivity index (χ3v) is 4.22. The summed E-state index contributed by atoms with van der Waals surface area (Å²) in [4.78, 5) is 6.72. The Hall–Kier alpha value is -1.23. The van der Waals surface area contributed by atoms with Gasteiger partial charge in [0, 0.05) is 6.04 Å². The third-order valence-electron chi connectivity index (χ3n) is 4.22. The van der Waals surface area contributed by atoms with Crippen molar-refractivity contribution < 1.29 is 17.9 Å². The average molecular weight is 486 g/mol. The smallest absolute Gasteiger partial charge is 0.416 e. The molecule has 0 aliphatic carbocycles. The van der Waals surface area contributed by atoms with Crippen LogP contribution in [0.25, 0.3) is 0 Å². The van der Waals surface area contributed by atoms with Crippen molar-refractivity contribution in [2.45, 2.75) is 32.0 Å². The zero-order valence-corrected chi connectivity index (χ0v) is 17.1. The zero-order chi connectivity index (χ0) is 18.3. The van der Waals surface area contributed by atoms with Gasteiger partial charge in [-0.1, -0.05) is 13.0 Å². The molecule has 1 saturated heterocycles. The SMILES string of the molecule is CCN1CCCC1CN=C(N)NCCOc1cccc(C(F)(F)F)c1.I. The number of nitrogens with zero attached hydrogens (tertiary/aromatic N) is 2. The molecule has 1 atom stereocenters. The van der Waals surface area contributed by atoms with E-state index in [0.717, 1.165) is 31.6 Å². The van der Waals surface area contributed by atoms with E-state index in [1.807, 2.05) is 0 Å². The molecular formula is C17H26F3IN4O. The van der Waals surface area contributed by atoms with Gasteiger partial charge in [0.2, 0.25) is 0 Å². The number of ether oxygens (including phenoxy) is 1. The van der Waals surface area contributed by atoms with Crippen LogP contribution in [0, 0.1) is 0 Å². The first kappa shape index (κ1) is 22.8. The summed E-state index contributed by atoms with van der Waals surface area (Å²) < 4.78 is 43.2. The van der Waals surface area contributed by atoms with Crippen molar-refractivity contribution in [3.63, 3.8) is 0 Å². The Morgan fingerprint density at radius 3 is 2.88 bits per heavy atom. The summed E-state index contributed by atoms with van der Waals surface area (Å²) in [6.07, 6.45) is -2.06. The molecular weight excluding hydrogens is 460 g/mol. The molecule has 0 saturated carbocycles. The van der Waals surface area contributed by atoms with E-state index in [0.29, 0.717) is 25.1 Å². The first-order valence-electron chi connectivity index (χ1n) is 8.48. The quantitative estimate of drug-likeness (QED) is 0.269. The van der Waals surface area contributed by atoms with Crippen molar-refractivity contribution in [1.82, 2.24) is 10.2 Å². The lowest BCUT2D eigenvalue weighted by Gasteiger charge is -2.21. The van der Waals surface area contributed by atoms with E-state index in [4.69, 9.17) is 10.5 Å². The molecule has 1 aromatic rings. The summed E-state index contributed by atoms with van der Waals surface area (Å²) in [5.74, 6) is 0.507. The molecule has 9 heteroatoms. The molecule has 1 heterocycles. The lowest BCUT2D eigenvalue weighted by Crippen LogP contribution is -2.37. The number of alkyl halides is 3. The van der Waals surface area contributed by atoms with Gasteiger partial charge in [0.05, 0.1) is 18.7 Å². The number of halogens is 4. The number of guanidine groups is 1. The molecule has 1 fully saturated rings. The third kappa shape index (κ3) is 7.18. The van der Waals surface area contributed by atoms with Gasteiger partial charge in [-0.25, -0.2) is 0 Å². The lowest BCUT2D eigenvalue weighted by molar-refractivity contribution is -0.137. The van der Waals surface area contributed by atoms with E-state index in [1.165, 1.54) is 18.6 Å². The lowest BCUT2D eigenvalue weighted by atomic mass is 10.2. The van der Waals surface area contributed by atoms with Crippen LogP contribution >= 0.6 is 24.0 Å². The van der Waals surface area contributed by atoms with Gasteiger partial charge in [-0.15, -0.1) is 24.0 Å². The Balaban J connectivity index is 0.00000338. The van der Waals surface area contributed by atoms with Crippen LogP contribution < -0.4 is 15.8 Å². The first-order valence-corrected chi connectivity index (χ1v) is 8.48. The number of benzene rings is 1. The molecule has 1 unspecified atom stereocenters. The Labute approximate surface area is 169 Å².